The molecule has 27 aromatic rings. The first-order chi connectivity index (χ1) is 70.9. The number of pyridine rings is 3. The highest BCUT2D eigenvalue weighted by Gasteiger charge is 2.36. The first kappa shape index (κ1) is 85.6. The predicted octanol–water partition coefficient (Wildman–Crippen LogP) is 32.3. The Balaban J connectivity index is 0.000000113. The van der Waals surface area contributed by atoms with Crippen molar-refractivity contribution >= 4 is 131 Å². The average Bonchev–Trinajstić information content (AvgIpc) is 1.59. The number of alkyl halides is 3. The zero-order valence-electron chi connectivity index (χ0n) is 76.8. The van der Waals surface area contributed by atoms with Crippen LogP contribution in [0.3, 0.4) is 0 Å². The molecule has 0 N–H and O–H groups in total. The largest absolute Gasteiger partial charge is 0.418 e. The lowest BCUT2D eigenvalue weighted by molar-refractivity contribution is -0.137. The van der Waals surface area contributed by atoms with Crippen LogP contribution in [0.4, 0.5) is 13.2 Å². The number of nitriles is 4. The standard InChI is InChI=1S/C43H25F3N4.C43H25N5.C42H26N4/c44-43(45,46)36-25-30(15-18-42(36)50-37-10-4-1-7-31(37)32-8-2-5-11-38(32)50)29-14-17-41-35(24-29)33-9-3-6-12-39(33)49(41)40-16-13-27(26-47)23-34(40)28-19-21-48-22-20-28;44-26-28-13-16-42(36(23-28)29-19-21-46-22-20-29)48-41-12-6-3-9-35(41)37-25-31(15-18-43(37)48)30-14-17-38(32(24-30)27-45)47-39-10-4-1-7-33(39)34-8-2-5-11-40(34)47;43-27-28-13-19-41(36(25-28)30-21-23-44-24-22-30)46-40-12-6-3-9-35(40)37-26-31(16-20-42(37)46)29-14-17-32(18-15-29)45-38-10-4-1-7-33(38)34-8-2-5-11-39(34)45/h1-25H;1-25H;1-26H. The number of hydrogen-bond acceptors (Lipinski definition) is 7. The van der Waals surface area contributed by atoms with E-state index < -0.39 is 11.7 Å². The fourth-order valence-electron chi connectivity index (χ4n) is 21.4. The molecule has 0 saturated heterocycles. The Morgan fingerprint density at radius 2 is 0.424 bits per heavy atom. The lowest BCUT2D eigenvalue weighted by Gasteiger charge is -2.18. The number of rotatable bonds is 12. The molecule has 0 bridgehead atoms. The minimum absolute atomic E-state index is 0.0841. The Morgan fingerprint density at radius 1 is 0.188 bits per heavy atom. The van der Waals surface area contributed by atoms with E-state index >= 15 is 0 Å². The molecule has 0 amide bonds. The van der Waals surface area contributed by atoms with Crippen molar-refractivity contribution in [3.05, 3.63) is 490 Å². The van der Waals surface area contributed by atoms with Gasteiger partial charge in [0.2, 0.25) is 0 Å². The molecule has 9 heterocycles. The fourth-order valence-corrected chi connectivity index (χ4v) is 21.4. The number of fused-ring (bicyclic) bond motifs is 18. The van der Waals surface area contributed by atoms with Crippen molar-refractivity contribution in [1.29, 1.82) is 21.0 Å². The van der Waals surface area contributed by atoms with Crippen molar-refractivity contribution < 1.29 is 13.2 Å². The fraction of sp³-hybridized carbons (Fsp3) is 0.00781. The Hall–Kier alpha value is -20.0. The van der Waals surface area contributed by atoms with Crippen LogP contribution in [0.1, 0.15) is 27.8 Å². The molecule has 13 nitrogen and oxygen atoms in total. The van der Waals surface area contributed by atoms with Crippen LogP contribution < -0.4 is 0 Å². The van der Waals surface area contributed by atoms with Gasteiger partial charge in [-0.25, -0.2) is 0 Å². The van der Waals surface area contributed by atoms with E-state index in [2.05, 4.69) is 274 Å². The molecule has 0 aliphatic carbocycles. The van der Waals surface area contributed by atoms with Gasteiger partial charge in [0.1, 0.15) is 6.07 Å². The summed E-state index contributed by atoms with van der Waals surface area (Å²) >= 11 is 0. The third kappa shape index (κ3) is 14.5. The van der Waals surface area contributed by atoms with Crippen LogP contribution in [0.5, 0.6) is 0 Å². The van der Waals surface area contributed by atoms with Gasteiger partial charge < -0.3 is 27.4 Å². The van der Waals surface area contributed by atoms with Gasteiger partial charge in [-0.3, -0.25) is 15.0 Å². The van der Waals surface area contributed by atoms with Gasteiger partial charge in [-0.2, -0.15) is 34.2 Å². The van der Waals surface area contributed by atoms with E-state index in [1.165, 1.54) is 49.8 Å². The van der Waals surface area contributed by atoms with E-state index in [9.17, 15) is 34.2 Å². The maximum absolute atomic E-state index is 15.0. The Labute approximate surface area is 822 Å². The molecule has 18 aromatic carbocycles. The summed E-state index contributed by atoms with van der Waals surface area (Å²) in [7, 11) is 0. The predicted molar refractivity (Wildman–Crippen MR) is 575 cm³/mol. The molecule has 0 fully saturated rings. The molecule has 674 valence electrons. The highest BCUT2D eigenvalue weighted by molar-refractivity contribution is 6.16. The second kappa shape index (κ2) is 35.2. The van der Waals surface area contributed by atoms with Crippen LogP contribution in [-0.2, 0) is 6.18 Å². The van der Waals surface area contributed by atoms with Crippen molar-refractivity contribution in [2.24, 2.45) is 0 Å². The zero-order chi connectivity index (χ0) is 96.8. The summed E-state index contributed by atoms with van der Waals surface area (Å²) in [5, 5.41) is 52.7. The van der Waals surface area contributed by atoms with Crippen LogP contribution in [0.15, 0.2) is 462 Å². The summed E-state index contributed by atoms with van der Waals surface area (Å²) in [4.78, 5) is 12.6. The first-order valence-electron chi connectivity index (χ1n) is 47.2. The first-order valence-corrected chi connectivity index (χ1v) is 47.2. The summed E-state index contributed by atoms with van der Waals surface area (Å²) in [6.45, 7) is 0. The van der Waals surface area contributed by atoms with Crippen molar-refractivity contribution in [2.75, 3.05) is 0 Å². The Kier molecular flexibility index (Phi) is 20.9. The second-order valence-electron chi connectivity index (χ2n) is 35.7. The quantitative estimate of drug-likeness (QED) is 0.117. The van der Waals surface area contributed by atoms with E-state index in [0.717, 1.165) is 171 Å². The molecule has 0 atom stereocenters. The highest BCUT2D eigenvalue weighted by atomic mass is 19.4. The van der Waals surface area contributed by atoms with Gasteiger partial charge >= 0.3 is 6.18 Å². The van der Waals surface area contributed by atoms with Crippen molar-refractivity contribution in [2.45, 2.75) is 6.18 Å². The molecule has 16 heteroatoms. The molecular weight excluding hydrogens is 1780 g/mol. The minimum Gasteiger partial charge on any atom is -0.309 e. The van der Waals surface area contributed by atoms with Gasteiger partial charge in [-0.15, -0.1) is 0 Å². The number of halogens is 3. The van der Waals surface area contributed by atoms with Gasteiger partial charge in [0.25, 0.3) is 0 Å². The second-order valence-corrected chi connectivity index (χ2v) is 35.7. The molecular formula is C128H76F3N13. The smallest absolute Gasteiger partial charge is 0.309 e. The zero-order valence-corrected chi connectivity index (χ0v) is 76.8. The number of para-hydroxylation sites is 9. The SMILES string of the molecule is N#Cc1ccc(-n2c3ccccc3c3cc(-c4ccc(-n5c6ccccc6c6ccccc65)c(C#N)c4)ccc32)c(-c2ccncc2)c1.N#Cc1ccc(-n2c3ccccc3c3cc(-c4ccc(-n5c6ccccc6c6ccccc65)c(C(F)(F)F)c4)ccc32)c(-c2ccncc2)c1.N#Cc1ccc(-n2c3ccccc3c3cc(-c4ccc(-n5c6ccccc6c6ccccc65)cc4)ccc32)c(-c2ccncc2)c1. The Bertz CT molecular complexity index is 9930. The van der Waals surface area contributed by atoms with Gasteiger partial charge in [-0.05, 0) is 268 Å². The molecule has 0 radical (unpaired) electrons. The summed E-state index contributed by atoms with van der Waals surface area (Å²) in [6.07, 6.45) is 5.98. The molecule has 0 spiro atoms. The van der Waals surface area contributed by atoms with E-state index in [0.29, 0.717) is 33.4 Å². The molecule has 0 unspecified atom stereocenters. The maximum Gasteiger partial charge on any atom is 0.418 e. The van der Waals surface area contributed by atoms with Crippen LogP contribution in [0.2, 0.25) is 0 Å². The third-order valence-corrected chi connectivity index (χ3v) is 27.9. The molecule has 0 aliphatic rings. The molecule has 144 heavy (non-hydrogen) atoms. The molecule has 9 aromatic heterocycles. The van der Waals surface area contributed by atoms with Gasteiger partial charge in [0.15, 0.2) is 0 Å². The van der Waals surface area contributed by atoms with E-state index in [4.69, 9.17) is 0 Å². The lowest BCUT2D eigenvalue weighted by Crippen LogP contribution is -2.11. The van der Waals surface area contributed by atoms with Crippen LogP contribution in [0, 0.1) is 45.3 Å². The number of nitrogens with zero attached hydrogens (tertiary/aromatic N) is 13. The van der Waals surface area contributed by atoms with Crippen LogP contribution in [0.25, 0.3) is 232 Å². The summed E-state index contributed by atoms with van der Waals surface area (Å²) in [5.41, 5.74) is 30.1. The topological polar surface area (TPSA) is 163 Å². The van der Waals surface area contributed by atoms with Crippen molar-refractivity contribution in [1.82, 2.24) is 42.4 Å². The molecule has 0 saturated carbocycles. The number of benzene rings is 18. The van der Waals surface area contributed by atoms with E-state index in [-0.39, 0.29) is 5.69 Å². The number of aromatic nitrogens is 9. The molecule has 27 rings (SSSR count). The Morgan fingerprint density at radius 3 is 0.729 bits per heavy atom. The monoisotopic (exact) mass is 1850 g/mol. The van der Waals surface area contributed by atoms with Crippen molar-refractivity contribution in [3.63, 3.8) is 0 Å². The highest BCUT2D eigenvalue weighted by Crippen LogP contribution is 2.48. The van der Waals surface area contributed by atoms with E-state index in [1.807, 2.05) is 188 Å². The third-order valence-electron chi connectivity index (χ3n) is 27.9. The maximum atomic E-state index is 15.0. The minimum atomic E-state index is -4.60. The van der Waals surface area contributed by atoms with Gasteiger partial charge in [-0.1, -0.05) is 206 Å². The summed E-state index contributed by atoms with van der Waals surface area (Å²) in [6, 6.07) is 151. The number of hydrogen-bond donors (Lipinski definition) is 0. The van der Waals surface area contributed by atoms with E-state index in [1.54, 1.807) is 59.9 Å². The summed E-state index contributed by atoms with van der Waals surface area (Å²) in [5.74, 6) is 0. The normalized spacial score (nSPS) is 11.5. The van der Waals surface area contributed by atoms with Gasteiger partial charge in [0, 0.05) is 124 Å². The summed E-state index contributed by atoms with van der Waals surface area (Å²) < 4.78 is 57.9. The van der Waals surface area contributed by atoms with Crippen LogP contribution >= 0.6 is 0 Å². The molecule has 0 aliphatic heterocycles. The van der Waals surface area contributed by atoms with Crippen LogP contribution in [-0.4, -0.2) is 42.4 Å². The average molecular weight is 1850 g/mol. The lowest BCUT2D eigenvalue weighted by atomic mass is 9.99. The van der Waals surface area contributed by atoms with Crippen molar-refractivity contribution in [3.8, 4) is 125 Å². The van der Waals surface area contributed by atoms with Gasteiger partial charge in [0.05, 0.1) is 141 Å².